The number of anilines is 1. The van der Waals surface area contributed by atoms with Crippen LogP contribution in [-0.4, -0.2) is 64.1 Å². The lowest BCUT2D eigenvalue weighted by molar-refractivity contribution is -0.142. The first kappa shape index (κ1) is 30.3. The van der Waals surface area contributed by atoms with Crippen LogP contribution >= 0.6 is 11.6 Å². The molecule has 0 bridgehead atoms. The summed E-state index contributed by atoms with van der Waals surface area (Å²) in [5, 5.41) is 9.71. The zero-order chi connectivity index (χ0) is 30.9. The van der Waals surface area contributed by atoms with Crippen molar-refractivity contribution in [1.29, 1.82) is 0 Å². The highest BCUT2D eigenvalue weighted by Gasteiger charge is 2.45. The molecule has 11 heteroatoms. The minimum atomic E-state index is -1.11. The molecule has 2 aliphatic rings. The Balaban J connectivity index is 1.29. The van der Waals surface area contributed by atoms with E-state index in [9.17, 15) is 19.5 Å². The fraction of sp³-hybridized carbons (Fsp3) is 0.375. The largest absolute Gasteiger partial charge is 0.492 e. The summed E-state index contributed by atoms with van der Waals surface area (Å²) < 4.78 is 27.0. The Hall–Kier alpha value is -4.18. The van der Waals surface area contributed by atoms with Gasteiger partial charge in [-0.3, -0.25) is 14.4 Å². The quantitative estimate of drug-likeness (QED) is 0.342. The first-order valence-corrected chi connectivity index (χ1v) is 14.6. The summed E-state index contributed by atoms with van der Waals surface area (Å²) in [6.07, 6.45) is 2.86. The summed E-state index contributed by atoms with van der Waals surface area (Å²) in [6, 6.07) is 12.8. The van der Waals surface area contributed by atoms with Crippen molar-refractivity contribution in [2.45, 2.75) is 51.7 Å². The third kappa shape index (κ3) is 6.15. The van der Waals surface area contributed by atoms with Gasteiger partial charge < -0.3 is 24.4 Å². The molecule has 1 fully saturated rings. The van der Waals surface area contributed by atoms with E-state index in [-0.39, 0.29) is 24.1 Å². The van der Waals surface area contributed by atoms with Crippen LogP contribution in [0.25, 0.3) is 11.1 Å². The van der Waals surface area contributed by atoms with Gasteiger partial charge in [-0.15, -0.1) is 0 Å². The monoisotopic (exact) mass is 609 g/mol. The number of piperidine rings is 1. The molecule has 43 heavy (non-hydrogen) atoms. The number of amides is 2. The summed E-state index contributed by atoms with van der Waals surface area (Å²) in [6.45, 7) is 5.80. The van der Waals surface area contributed by atoms with Crippen LogP contribution in [0.2, 0.25) is 5.02 Å². The van der Waals surface area contributed by atoms with E-state index in [0.717, 1.165) is 0 Å². The Labute approximate surface area is 254 Å². The van der Waals surface area contributed by atoms with Crippen LogP contribution in [0.15, 0.2) is 54.7 Å². The number of benzene rings is 2. The number of pyridine rings is 1. The Morgan fingerprint density at radius 2 is 1.91 bits per heavy atom. The van der Waals surface area contributed by atoms with Gasteiger partial charge in [-0.25, -0.2) is 9.37 Å². The number of hydrogen-bond acceptors (Lipinski definition) is 6. The lowest BCUT2D eigenvalue weighted by Gasteiger charge is -2.44. The van der Waals surface area contributed by atoms with E-state index >= 15 is 4.39 Å². The van der Waals surface area contributed by atoms with Gasteiger partial charge in [-0.05, 0) is 62.9 Å². The maximum absolute atomic E-state index is 15.4. The van der Waals surface area contributed by atoms with Crippen molar-refractivity contribution in [2.24, 2.45) is 5.92 Å². The van der Waals surface area contributed by atoms with E-state index < -0.39 is 29.2 Å². The molecule has 0 saturated carbocycles. The summed E-state index contributed by atoms with van der Waals surface area (Å²) in [4.78, 5) is 45.7. The van der Waals surface area contributed by atoms with Gasteiger partial charge in [0.05, 0.1) is 16.5 Å². The lowest BCUT2D eigenvalue weighted by Crippen LogP contribution is -2.58. The molecule has 0 radical (unpaired) electrons. The predicted molar refractivity (Wildman–Crippen MR) is 159 cm³/mol. The number of aliphatic carboxylic acids is 1. The molecule has 3 aromatic rings. The van der Waals surface area contributed by atoms with E-state index in [1.165, 1.54) is 18.3 Å². The molecule has 2 aromatic carbocycles. The van der Waals surface area contributed by atoms with Crippen molar-refractivity contribution in [1.82, 2.24) is 9.88 Å². The number of aromatic nitrogens is 1. The van der Waals surface area contributed by atoms with Crippen molar-refractivity contribution >= 4 is 35.1 Å². The number of ether oxygens (including phenoxy) is 2. The number of likely N-dealkylation sites (tertiary alicyclic amines) is 1. The molecule has 1 unspecified atom stereocenters. The van der Waals surface area contributed by atoms with Crippen molar-refractivity contribution in [3.8, 4) is 22.8 Å². The second-order valence-electron chi connectivity index (χ2n) is 11.2. The minimum absolute atomic E-state index is 0.0134. The second-order valence-corrected chi connectivity index (χ2v) is 11.7. The Bertz CT molecular complexity index is 1560. The van der Waals surface area contributed by atoms with Gasteiger partial charge in [0, 0.05) is 30.9 Å². The van der Waals surface area contributed by atoms with E-state index in [0.29, 0.717) is 65.8 Å². The molecule has 1 saturated heterocycles. The number of fused-ring (bicyclic) bond motifs is 1. The summed E-state index contributed by atoms with van der Waals surface area (Å²) >= 11 is 6.18. The number of rotatable bonds is 8. The van der Waals surface area contributed by atoms with E-state index in [4.69, 9.17) is 21.1 Å². The molecular weight excluding hydrogens is 577 g/mol. The maximum Gasteiger partial charge on any atom is 0.309 e. The third-order valence-electron chi connectivity index (χ3n) is 7.94. The first-order chi connectivity index (χ1) is 20.5. The van der Waals surface area contributed by atoms with Crippen molar-refractivity contribution in [2.75, 3.05) is 24.6 Å². The van der Waals surface area contributed by atoms with Crippen LogP contribution in [0.4, 0.5) is 10.1 Å². The molecular formula is C32H33ClFN3O6. The molecule has 2 amide bonds. The standard InChI is InChI=1S/C32H33ClFN3O6/c1-4-19(30(39)40)18-42-27-8-6-5-7-23(27)20-9-10-24(25(34)15-20)29(38)36-13-11-22(12-14-36)37-26-16-21(33)17-35-28(26)43-32(2,3)31(37)41/h5-10,15-17,19,22H,4,11-14,18H2,1-3H3,(H,39,40). The van der Waals surface area contributed by atoms with Crippen LogP contribution in [0.1, 0.15) is 50.4 Å². The molecule has 0 spiro atoms. The fourth-order valence-electron chi connectivity index (χ4n) is 5.45. The Morgan fingerprint density at radius 3 is 2.58 bits per heavy atom. The van der Waals surface area contributed by atoms with Crippen LogP contribution < -0.4 is 14.4 Å². The number of para-hydroxylation sites is 1. The average molecular weight is 610 g/mol. The highest BCUT2D eigenvalue weighted by atomic mass is 35.5. The summed E-state index contributed by atoms with van der Waals surface area (Å²) in [5.74, 6) is -2.16. The second kappa shape index (κ2) is 12.2. The van der Waals surface area contributed by atoms with Gasteiger partial charge in [0.25, 0.3) is 11.8 Å². The number of carbonyl (C=O) groups excluding carboxylic acids is 2. The average Bonchev–Trinajstić information content (AvgIpc) is 2.98. The molecule has 1 N–H and O–H groups in total. The Kier molecular flexibility index (Phi) is 8.59. The van der Waals surface area contributed by atoms with Gasteiger partial charge in [0.15, 0.2) is 5.60 Å². The normalized spacial score (nSPS) is 17.2. The molecule has 3 heterocycles. The smallest absolute Gasteiger partial charge is 0.309 e. The summed E-state index contributed by atoms with van der Waals surface area (Å²) in [7, 11) is 0. The lowest BCUT2D eigenvalue weighted by atomic mass is 9.96. The SMILES string of the molecule is CCC(COc1ccccc1-c1ccc(C(=O)N2CCC(N3C(=O)C(C)(C)Oc4ncc(Cl)cc43)CC2)c(F)c1)C(=O)O. The van der Waals surface area contributed by atoms with Crippen LogP contribution in [0.5, 0.6) is 11.6 Å². The van der Waals surface area contributed by atoms with Crippen LogP contribution in [0.3, 0.4) is 0 Å². The number of carbonyl (C=O) groups is 3. The topological polar surface area (TPSA) is 109 Å². The molecule has 5 rings (SSSR count). The number of nitrogens with zero attached hydrogens (tertiary/aromatic N) is 3. The number of carboxylic acids is 1. The number of halogens is 2. The molecule has 2 aliphatic heterocycles. The molecule has 226 valence electrons. The van der Waals surface area contributed by atoms with Crippen LogP contribution in [-0.2, 0) is 9.59 Å². The van der Waals surface area contributed by atoms with Gasteiger partial charge in [0.2, 0.25) is 5.88 Å². The minimum Gasteiger partial charge on any atom is -0.492 e. The third-order valence-corrected chi connectivity index (χ3v) is 8.15. The zero-order valence-electron chi connectivity index (χ0n) is 24.2. The van der Waals surface area contributed by atoms with Gasteiger partial charge in [-0.1, -0.05) is 42.8 Å². The predicted octanol–water partition coefficient (Wildman–Crippen LogP) is 5.84. The van der Waals surface area contributed by atoms with E-state index in [1.807, 2.05) is 0 Å². The van der Waals surface area contributed by atoms with Gasteiger partial charge in [-0.2, -0.15) is 0 Å². The summed E-state index contributed by atoms with van der Waals surface area (Å²) in [5.41, 5.74) is 0.437. The Morgan fingerprint density at radius 1 is 1.19 bits per heavy atom. The molecule has 1 aromatic heterocycles. The molecule has 1 atom stereocenters. The van der Waals surface area contributed by atoms with Crippen molar-refractivity contribution < 1.29 is 33.4 Å². The fourth-order valence-corrected chi connectivity index (χ4v) is 5.61. The molecule has 9 nitrogen and oxygen atoms in total. The van der Waals surface area contributed by atoms with E-state index in [2.05, 4.69) is 4.98 Å². The highest BCUT2D eigenvalue weighted by molar-refractivity contribution is 6.31. The first-order valence-electron chi connectivity index (χ1n) is 14.2. The zero-order valence-corrected chi connectivity index (χ0v) is 24.9. The number of carboxylic acid groups (broad SMARTS) is 1. The van der Waals surface area contributed by atoms with Crippen molar-refractivity contribution in [3.63, 3.8) is 0 Å². The maximum atomic E-state index is 15.4. The van der Waals surface area contributed by atoms with Gasteiger partial charge in [0.1, 0.15) is 23.9 Å². The molecule has 0 aliphatic carbocycles. The van der Waals surface area contributed by atoms with Gasteiger partial charge >= 0.3 is 5.97 Å². The van der Waals surface area contributed by atoms with Crippen molar-refractivity contribution in [3.05, 3.63) is 71.1 Å². The number of hydrogen-bond donors (Lipinski definition) is 1. The van der Waals surface area contributed by atoms with Crippen LogP contribution in [0, 0.1) is 11.7 Å². The van der Waals surface area contributed by atoms with E-state index in [1.54, 1.807) is 67.0 Å². The highest BCUT2D eigenvalue weighted by Crippen LogP contribution is 2.40.